The van der Waals surface area contributed by atoms with Gasteiger partial charge in [-0.15, -0.1) is 29.3 Å². The van der Waals surface area contributed by atoms with Crippen molar-refractivity contribution in [2.75, 3.05) is 18.6 Å². The molecule has 2 aromatic carbocycles. The number of hydroxylamine groups is 2. The van der Waals surface area contributed by atoms with Crippen LogP contribution in [0.2, 0.25) is 0 Å². The van der Waals surface area contributed by atoms with Crippen LogP contribution in [0.4, 0.5) is 17.6 Å². The number of hydrogen-bond donors (Lipinski definition) is 2. The SMILES string of the molecule is Cc1ccnc(-c2cc(C(=O)NC(CS(C)(=O)=O)C(=O)NCCCCC(=O)ON3C(=O)CCC3=O)ccn2)c1.Fc1c[c-]c(-c2ccccn2)c(F)c1.Fc1c[c-]c(-c2ccccn2)c(F)c1.[Ir]. The van der Waals surface area contributed by atoms with Crippen LogP contribution in [0.15, 0.2) is 110 Å². The first-order chi connectivity index (χ1) is 32.0. The topological polar surface area (TPSA) is 208 Å². The Bertz CT molecular complexity index is 2730. The minimum Gasteiger partial charge on any atom is -0.354 e. The molecule has 2 N–H and O–H groups in total. The number of halogens is 4. The Kier molecular flexibility index (Phi) is 20.2. The maximum Gasteiger partial charge on any atom is 0.333 e. The van der Waals surface area contributed by atoms with Crippen molar-refractivity contribution in [2.24, 2.45) is 0 Å². The summed E-state index contributed by atoms with van der Waals surface area (Å²) in [5.41, 5.74) is 3.39. The fourth-order valence-electron chi connectivity index (χ4n) is 5.95. The number of nitrogens with zero attached hydrogens (tertiary/aromatic N) is 5. The molecule has 21 heteroatoms. The number of unbranched alkanes of at least 4 members (excludes halogenated alkanes) is 1. The van der Waals surface area contributed by atoms with Gasteiger partial charge in [-0.1, -0.05) is 47.5 Å². The maximum atomic E-state index is 13.2. The summed E-state index contributed by atoms with van der Waals surface area (Å²) >= 11 is 0. The molecule has 1 unspecified atom stereocenters. The van der Waals surface area contributed by atoms with Gasteiger partial charge in [-0.25, -0.2) is 13.2 Å². The number of sulfone groups is 1. The minimum atomic E-state index is -3.64. The van der Waals surface area contributed by atoms with Crippen molar-refractivity contribution in [3.8, 4) is 33.9 Å². The van der Waals surface area contributed by atoms with E-state index in [4.69, 9.17) is 4.84 Å². The molecule has 0 spiro atoms. The molecule has 7 rings (SSSR count). The Morgan fingerprint density at radius 1 is 0.735 bits per heavy atom. The Balaban J connectivity index is 0.000000280. The van der Waals surface area contributed by atoms with E-state index in [1.54, 1.807) is 61.1 Å². The van der Waals surface area contributed by atoms with E-state index in [1.165, 1.54) is 18.3 Å². The van der Waals surface area contributed by atoms with E-state index in [-0.39, 0.29) is 69.0 Å². The largest absolute Gasteiger partial charge is 0.354 e. The van der Waals surface area contributed by atoms with Crippen LogP contribution in [0, 0.1) is 42.3 Å². The molecular formula is C47H41F4IrN7O8S-2. The Morgan fingerprint density at radius 3 is 1.76 bits per heavy atom. The van der Waals surface area contributed by atoms with Crippen LogP contribution in [0.1, 0.15) is 48.0 Å². The first-order valence-electron chi connectivity index (χ1n) is 20.3. The number of carbonyl (C=O) groups excluding carboxylic acids is 5. The molecule has 1 saturated heterocycles. The Hall–Kier alpha value is -7.09. The van der Waals surface area contributed by atoms with Crippen molar-refractivity contribution in [2.45, 2.75) is 45.1 Å². The standard InChI is InChI=1S/C25H29N5O8S.2C11H6F2N.Ir/c1-16-8-11-26-18(13-16)19-14-17(9-12-27-19)24(34)29-20(15-39(2,36)37)25(35)28-10-4-3-5-23(33)38-30-21(31)6-7-22(30)32;2*12-8-4-5-9(10(13)7-8)11-3-1-2-6-14-11;/h8-9,11-14,20H,3-7,10,15H2,1-2H3,(H,28,35)(H,29,34);2*1-4,6-7H;/q;2*-1;. The molecule has 15 nitrogen and oxygen atoms in total. The third kappa shape index (κ3) is 16.7. The van der Waals surface area contributed by atoms with E-state index in [1.807, 2.05) is 13.0 Å². The first kappa shape index (κ1) is 53.5. The van der Waals surface area contributed by atoms with Crippen molar-refractivity contribution in [3.05, 3.63) is 156 Å². The number of hydrogen-bond acceptors (Lipinski definition) is 12. The quantitative estimate of drug-likeness (QED) is 0.0546. The number of nitrogens with one attached hydrogen (secondary N) is 2. The first-order valence-corrected chi connectivity index (χ1v) is 22.3. The van der Waals surface area contributed by atoms with Gasteiger partial charge in [0.2, 0.25) is 5.91 Å². The monoisotopic (exact) mass is 1130 g/mol. The normalized spacial score (nSPS) is 12.3. The van der Waals surface area contributed by atoms with Gasteiger partial charge in [-0.2, -0.15) is 0 Å². The van der Waals surface area contributed by atoms with Gasteiger partial charge in [-0.3, -0.25) is 46.7 Å². The predicted octanol–water partition coefficient (Wildman–Crippen LogP) is 6.14. The fraction of sp³-hybridized carbons (Fsp3) is 0.213. The summed E-state index contributed by atoms with van der Waals surface area (Å²) in [4.78, 5) is 81.6. The van der Waals surface area contributed by atoms with Gasteiger partial charge in [-0.05, 0) is 73.1 Å². The molecule has 5 heterocycles. The molecule has 68 heavy (non-hydrogen) atoms. The van der Waals surface area contributed by atoms with Gasteiger partial charge in [0.05, 0.1) is 17.1 Å². The summed E-state index contributed by atoms with van der Waals surface area (Å²) in [5, 5.41) is 5.49. The third-order valence-corrected chi connectivity index (χ3v) is 10.1. The minimum absolute atomic E-state index is 0. The average Bonchev–Trinajstić information content (AvgIpc) is 3.61. The molecule has 0 bridgehead atoms. The second-order valence-corrected chi connectivity index (χ2v) is 16.8. The van der Waals surface area contributed by atoms with E-state index in [2.05, 4.69) is 42.7 Å². The number of benzene rings is 2. The van der Waals surface area contributed by atoms with Gasteiger partial charge >= 0.3 is 5.97 Å². The molecule has 1 aliphatic heterocycles. The smallest absolute Gasteiger partial charge is 0.333 e. The van der Waals surface area contributed by atoms with Crippen molar-refractivity contribution >= 4 is 39.4 Å². The summed E-state index contributed by atoms with van der Waals surface area (Å²) in [6.45, 7) is 1.98. The molecule has 4 aromatic heterocycles. The fourth-order valence-corrected chi connectivity index (χ4v) is 6.79. The third-order valence-electron chi connectivity index (χ3n) is 9.15. The summed E-state index contributed by atoms with van der Waals surface area (Å²) < 4.78 is 75.4. The van der Waals surface area contributed by atoms with Crippen LogP contribution >= 0.6 is 0 Å². The summed E-state index contributed by atoms with van der Waals surface area (Å²) in [6, 6.07) is 24.2. The summed E-state index contributed by atoms with van der Waals surface area (Å²) in [6.07, 6.45) is 7.56. The van der Waals surface area contributed by atoms with E-state index in [9.17, 15) is 50.0 Å². The molecule has 0 aliphatic carbocycles. The molecular weight excluding hydrogens is 1090 g/mol. The molecule has 1 atom stereocenters. The summed E-state index contributed by atoms with van der Waals surface area (Å²) in [5.74, 6) is -6.47. The molecule has 1 fully saturated rings. The maximum absolute atomic E-state index is 13.2. The van der Waals surface area contributed by atoms with Crippen LogP contribution in [-0.4, -0.2) is 87.6 Å². The zero-order valence-corrected chi connectivity index (χ0v) is 39.4. The second kappa shape index (κ2) is 25.7. The molecule has 1 aliphatic rings. The average molecular weight is 1130 g/mol. The van der Waals surface area contributed by atoms with E-state index < -0.39 is 74.5 Å². The second-order valence-electron chi connectivity index (χ2n) is 14.6. The van der Waals surface area contributed by atoms with Gasteiger partial charge < -0.3 is 25.4 Å². The van der Waals surface area contributed by atoms with Crippen LogP contribution in [-0.2, 0) is 54.0 Å². The molecule has 357 valence electrons. The van der Waals surface area contributed by atoms with E-state index >= 15 is 0 Å². The molecule has 6 aromatic rings. The van der Waals surface area contributed by atoms with Crippen molar-refractivity contribution in [1.82, 2.24) is 35.6 Å². The number of aromatic nitrogens is 4. The van der Waals surface area contributed by atoms with E-state index in [0.717, 1.165) is 36.1 Å². The number of imide groups is 1. The van der Waals surface area contributed by atoms with Crippen molar-refractivity contribution in [3.63, 3.8) is 0 Å². The number of pyridine rings is 4. The molecule has 0 saturated carbocycles. The Morgan fingerprint density at radius 2 is 1.26 bits per heavy atom. The number of rotatable bonds is 14. The van der Waals surface area contributed by atoms with Crippen LogP contribution in [0.3, 0.4) is 0 Å². The van der Waals surface area contributed by atoms with Crippen molar-refractivity contribution < 1.29 is 74.9 Å². The van der Waals surface area contributed by atoms with E-state index in [0.29, 0.717) is 34.3 Å². The zero-order valence-electron chi connectivity index (χ0n) is 36.2. The Labute approximate surface area is 402 Å². The van der Waals surface area contributed by atoms with Crippen LogP contribution in [0.25, 0.3) is 33.9 Å². The van der Waals surface area contributed by atoms with Gasteiger partial charge in [0.1, 0.15) is 15.9 Å². The predicted molar refractivity (Wildman–Crippen MR) is 234 cm³/mol. The number of amides is 4. The molecule has 1 radical (unpaired) electrons. The van der Waals surface area contributed by atoms with Crippen LogP contribution in [0.5, 0.6) is 0 Å². The van der Waals surface area contributed by atoms with Gasteiger partial charge in [0.15, 0.2) is 0 Å². The number of aryl methyl sites for hydroxylation is 1. The molecule has 4 amide bonds. The van der Waals surface area contributed by atoms with Gasteiger partial charge in [0, 0.05) is 106 Å². The van der Waals surface area contributed by atoms with Crippen molar-refractivity contribution in [1.29, 1.82) is 0 Å². The van der Waals surface area contributed by atoms with Gasteiger partial charge in [0.25, 0.3) is 17.7 Å². The number of carbonyl (C=O) groups is 5. The summed E-state index contributed by atoms with van der Waals surface area (Å²) in [7, 11) is -3.64. The van der Waals surface area contributed by atoms with Crippen LogP contribution < -0.4 is 10.6 Å². The zero-order chi connectivity index (χ0) is 48.5.